The first kappa shape index (κ1) is 15.6. The number of halogens is 2. The number of nitrogens with zero attached hydrogens (tertiary/aromatic N) is 4. The van der Waals surface area contributed by atoms with E-state index in [0.717, 1.165) is 10.2 Å². The zero-order valence-corrected chi connectivity index (χ0v) is 14.1. The third-order valence-electron chi connectivity index (χ3n) is 3.08. The molecule has 0 spiro atoms. The quantitative estimate of drug-likeness (QED) is 0.741. The van der Waals surface area contributed by atoms with Gasteiger partial charge in [-0.25, -0.2) is 0 Å². The molecule has 0 aliphatic heterocycles. The van der Waals surface area contributed by atoms with Crippen LogP contribution in [0.15, 0.2) is 53.0 Å². The Morgan fingerprint density at radius 3 is 2.83 bits per heavy atom. The summed E-state index contributed by atoms with van der Waals surface area (Å²) in [5.41, 5.74) is 1.29. The van der Waals surface area contributed by atoms with E-state index < -0.39 is 0 Å². The van der Waals surface area contributed by atoms with Gasteiger partial charge in [0.1, 0.15) is 0 Å². The van der Waals surface area contributed by atoms with Crippen molar-refractivity contribution >= 4 is 33.4 Å². The van der Waals surface area contributed by atoms with Gasteiger partial charge < -0.3 is 5.32 Å². The van der Waals surface area contributed by atoms with Crippen LogP contribution in [0.25, 0.3) is 5.69 Å². The highest BCUT2D eigenvalue weighted by Crippen LogP contribution is 2.15. The molecule has 0 saturated carbocycles. The van der Waals surface area contributed by atoms with Crippen molar-refractivity contribution in [2.75, 3.05) is 0 Å². The van der Waals surface area contributed by atoms with Crippen molar-refractivity contribution in [3.05, 3.63) is 69.4 Å². The van der Waals surface area contributed by atoms with Gasteiger partial charge in [0.2, 0.25) is 0 Å². The predicted octanol–water partition coefficient (Wildman–Crippen LogP) is 3.01. The second kappa shape index (κ2) is 6.89. The molecule has 0 fully saturated rings. The van der Waals surface area contributed by atoms with Crippen molar-refractivity contribution in [2.45, 2.75) is 6.54 Å². The summed E-state index contributed by atoms with van der Waals surface area (Å²) in [6.07, 6.45) is 0. The minimum atomic E-state index is -0.240. The van der Waals surface area contributed by atoms with E-state index in [1.807, 2.05) is 24.3 Å². The molecule has 0 bridgehead atoms. The van der Waals surface area contributed by atoms with Crippen molar-refractivity contribution in [3.63, 3.8) is 0 Å². The molecule has 2 aromatic carbocycles. The number of hydrogen-bond acceptors (Lipinski definition) is 4. The molecule has 3 rings (SSSR count). The van der Waals surface area contributed by atoms with Gasteiger partial charge in [0.25, 0.3) is 5.91 Å². The van der Waals surface area contributed by atoms with Crippen molar-refractivity contribution in [3.8, 4) is 5.69 Å². The Morgan fingerprint density at radius 2 is 2.04 bits per heavy atom. The molecule has 3 aromatic rings. The summed E-state index contributed by atoms with van der Waals surface area (Å²) >= 11 is 9.30. The van der Waals surface area contributed by atoms with Crippen LogP contribution in [0.5, 0.6) is 0 Å². The average Bonchev–Trinajstić information content (AvgIpc) is 3.01. The lowest BCUT2D eigenvalue weighted by Crippen LogP contribution is -2.24. The van der Waals surface area contributed by atoms with Gasteiger partial charge >= 0.3 is 0 Å². The molecule has 0 radical (unpaired) electrons. The average molecular weight is 393 g/mol. The Labute approximate surface area is 145 Å². The summed E-state index contributed by atoms with van der Waals surface area (Å²) in [5, 5.41) is 14.9. The molecule has 0 saturated heterocycles. The first-order valence-electron chi connectivity index (χ1n) is 6.70. The van der Waals surface area contributed by atoms with Gasteiger partial charge in [0, 0.05) is 15.1 Å². The third kappa shape index (κ3) is 3.75. The first-order valence-corrected chi connectivity index (χ1v) is 7.87. The van der Waals surface area contributed by atoms with E-state index >= 15 is 0 Å². The van der Waals surface area contributed by atoms with E-state index in [2.05, 4.69) is 36.8 Å². The second-order valence-corrected chi connectivity index (χ2v) is 6.03. The summed E-state index contributed by atoms with van der Waals surface area (Å²) in [4.78, 5) is 12.1. The lowest BCUT2D eigenvalue weighted by molar-refractivity contribution is 0.0949. The fraction of sp³-hybridized carbons (Fsp3) is 0.0667. The second-order valence-electron chi connectivity index (χ2n) is 4.68. The molecule has 1 aromatic heterocycles. The Bertz CT molecular complexity index is 851. The Balaban J connectivity index is 1.75. The molecule has 0 aliphatic carbocycles. The summed E-state index contributed by atoms with van der Waals surface area (Å²) in [6, 6.07) is 14.3. The molecule has 6 nitrogen and oxygen atoms in total. The van der Waals surface area contributed by atoms with E-state index in [-0.39, 0.29) is 12.5 Å². The summed E-state index contributed by atoms with van der Waals surface area (Å²) in [6.45, 7) is 0.199. The molecule has 1 amide bonds. The highest BCUT2D eigenvalue weighted by Gasteiger charge is 2.11. The number of carbonyl (C=O) groups excluding carboxylic acids is 1. The van der Waals surface area contributed by atoms with E-state index in [1.54, 1.807) is 28.9 Å². The van der Waals surface area contributed by atoms with E-state index in [1.165, 1.54) is 0 Å². The summed E-state index contributed by atoms with van der Waals surface area (Å²) < 4.78 is 2.49. The largest absolute Gasteiger partial charge is 0.345 e. The van der Waals surface area contributed by atoms with Crippen LogP contribution in [-0.2, 0) is 6.54 Å². The minimum absolute atomic E-state index is 0.199. The molecule has 1 heterocycles. The minimum Gasteiger partial charge on any atom is -0.345 e. The van der Waals surface area contributed by atoms with Crippen LogP contribution >= 0.6 is 27.5 Å². The number of nitrogens with one attached hydrogen (secondary N) is 1. The lowest BCUT2D eigenvalue weighted by atomic mass is 10.2. The number of benzene rings is 2. The zero-order chi connectivity index (χ0) is 16.2. The highest BCUT2D eigenvalue weighted by molar-refractivity contribution is 9.10. The molecule has 23 heavy (non-hydrogen) atoms. The molecule has 8 heteroatoms. The number of rotatable bonds is 4. The Morgan fingerprint density at radius 1 is 1.22 bits per heavy atom. The van der Waals surface area contributed by atoms with Crippen LogP contribution in [0, 0.1) is 0 Å². The smallest absolute Gasteiger partial charge is 0.251 e. The molecule has 0 aliphatic rings. The summed E-state index contributed by atoms with van der Waals surface area (Å²) in [5.74, 6) is 0.287. The Hall–Kier alpha value is -2.25. The van der Waals surface area contributed by atoms with E-state index in [4.69, 9.17) is 11.6 Å². The number of amides is 1. The standard InChI is InChI=1S/C15H11BrClN5O/c16-11-4-2-6-13(8-11)22-14(19-20-21-22)9-18-15(23)10-3-1-5-12(17)7-10/h1-8H,9H2,(H,18,23). The number of aromatic nitrogens is 4. The highest BCUT2D eigenvalue weighted by atomic mass is 79.9. The van der Waals surface area contributed by atoms with Crippen LogP contribution < -0.4 is 5.32 Å². The number of tetrazole rings is 1. The van der Waals surface area contributed by atoms with Gasteiger partial charge in [-0.2, -0.15) is 4.68 Å². The maximum atomic E-state index is 12.1. The molecular weight excluding hydrogens is 382 g/mol. The van der Waals surface area contributed by atoms with Crippen molar-refractivity contribution < 1.29 is 4.79 Å². The van der Waals surface area contributed by atoms with Crippen LogP contribution in [-0.4, -0.2) is 26.1 Å². The molecule has 116 valence electrons. The van der Waals surface area contributed by atoms with Crippen molar-refractivity contribution in [1.82, 2.24) is 25.5 Å². The van der Waals surface area contributed by atoms with Gasteiger partial charge in [-0.3, -0.25) is 4.79 Å². The predicted molar refractivity (Wildman–Crippen MR) is 89.5 cm³/mol. The number of hydrogen-bond donors (Lipinski definition) is 1. The Kier molecular flexibility index (Phi) is 4.68. The fourth-order valence-corrected chi connectivity index (χ4v) is 2.59. The van der Waals surface area contributed by atoms with Gasteiger partial charge in [-0.05, 0) is 46.8 Å². The third-order valence-corrected chi connectivity index (χ3v) is 3.81. The first-order chi connectivity index (χ1) is 11.1. The molecule has 0 atom stereocenters. The van der Waals surface area contributed by atoms with Crippen molar-refractivity contribution in [1.29, 1.82) is 0 Å². The topological polar surface area (TPSA) is 72.7 Å². The van der Waals surface area contributed by atoms with Gasteiger partial charge in [0.05, 0.1) is 12.2 Å². The monoisotopic (exact) mass is 391 g/mol. The van der Waals surface area contributed by atoms with Crippen LogP contribution in [0.2, 0.25) is 5.02 Å². The lowest BCUT2D eigenvalue weighted by Gasteiger charge is -2.07. The van der Waals surface area contributed by atoms with E-state index in [0.29, 0.717) is 16.4 Å². The maximum absolute atomic E-state index is 12.1. The van der Waals surface area contributed by atoms with E-state index in [9.17, 15) is 4.79 Å². The molecule has 0 unspecified atom stereocenters. The van der Waals surface area contributed by atoms with Gasteiger partial charge in [-0.1, -0.05) is 39.7 Å². The van der Waals surface area contributed by atoms with Crippen molar-refractivity contribution in [2.24, 2.45) is 0 Å². The van der Waals surface area contributed by atoms with Crippen LogP contribution in [0.4, 0.5) is 0 Å². The van der Waals surface area contributed by atoms with Gasteiger partial charge in [0.15, 0.2) is 5.82 Å². The normalized spacial score (nSPS) is 10.5. The van der Waals surface area contributed by atoms with Crippen LogP contribution in [0.3, 0.4) is 0 Å². The maximum Gasteiger partial charge on any atom is 0.251 e. The number of carbonyl (C=O) groups is 1. The zero-order valence-electron chi connectivity index (χ0n) is 11.8. The molecule has 1 N–H and O–H groups in total. The van der Waals surface area contributed by atoms with Crippen LogP contribution in [0.1, 0.15) is 16.2 Å². The molecular formula is C15H11BrClN5O. The fourth-order valence-electron chi connectivity index (χ4n) is 2.02. The SMILES string of the molecule is O=C(NCc1nnnn1-c1cccc(Br)c1)c1cccc(Cl)c1. The van der Waals surface area contributed by atoms with Gasteiger partial charge in [-0.15, -0.1) is 5.10 Å². The summed E-state index contributed by atoms with van der Waals surface area (Å²) in [7, 11) is 0.